The van der Waals surface area contributed by atoms with Crippen LogP contribution >= 0.6 is 0 Å². The largest absolute Gasteiger partial charge is 0.487 e. The molecule has 29 heavy (non-hydrogen) atoms. The minimum Gasteiger partial charge on any atom is -0.487 e. The van der Waals surface area contributed by atoms with Gasteiger partial charge in [0.15, 0.2) is 0 Å². The first-order valence-electron chi connectivity index (χ1n) is 9.98. The molecule has 2 atom stereocenters. The summed E-state index contributed by atoms with van der Waals surface area (Å²) in [6.45, 7) is 3.04. The van der Waals surface area contributed by atoms with Gasteiger partial charge in [0.1, 0.15) is 16.7 Å². The summed E-state index contributed by atoms with van der Waals surface area (Å²) < 4.78 is 40.0. The Morgan fingerprint density at radius 3 is 2.72 bits per heavy atom. The minimum atomic E-state index is -3.66. The number of fused-ring (bicyclic) bond motifs is 2. The van der Waals surface area contributed by atoms with Gasteiger partial charge in [0.25, 0.3) is 0 Å². The third kappa shape index (κ3) is 4.30. The van der Waals surface area contributed by atoms with Crippen molar-refractivity contribution in [3.05, 3.63) is 54.4 Å². The lowest BCUT2D eigenvalue weighted by atomic mass is 10.1. The highest BCUT2D eigenvalue weighted by Gasteiger charge is 2.43. The number of pyridine rings is 1. The number of hydrogen-bond donors (Lipinski definition) is 0. The average Bonchev–Trinajstić information content (AvgIpc) is 2.96. The maximum Gasteiger partial charge on any atom is 0.247 e. The monoisotopic (exact) mass is 417 g/mol. The maximum absolute atomic E-state index is 13.4. The van der Waals surface area contributed by atoms with Crippen LogP contribution in [0.25, 0.3) is 0 Å². The fourth-order valence-electron chi connectivity index (χ4n) is 4.16. The third-order valence-corrected chi connectivity index (χ3v) is 7.58. The predicted octanol–water partition coefficient (Wildman–Crippen LogP) is 2.14. The molecule has 0 aliphatic carbocycles. The summed E-state index contributed by atoms with van der Waals surface area (Å²) >= 11 is 0. The lowest BCUT2D eigenvalue weighted by Crippen LogP contribution is -2.48. The summed E-state index contributed by atoms with van der Waals surface area (Å²) in [6, 6.07) is 12.6. The molecule has 0 amide bonds. The summed E-state index contributed by atoms with van der Waals surface area (Å²) in [5.74, 6) is 0.445. The zero-order valence-electron chi connectivity index (χ0n) is 16.6. The van der Waals surface area contributed by atoms with E-state index < -0.39 is 10.0 Å². The van der Waals surface area contributed by atoms with Crippen molar-refractivity contribution in [1.29, 1.82) is 0 Å². The van der Waals surface area contributed by atoms with Crippen LogP contribution in [-0.2, 0) is 21.3 Å². The van der Waals surface area contributed by atoms with Crippen LogP contribution in [0.1, 0.15) is 18.5 Å². The summed E-state index contributed by atoms with van der Waals surface area (Å²) in [5.41, 5.74) is 1.02. The van der Waals surface area contributed by atoms with Crippen LogP contribution in [0.4, 0.5) is 0 Å². The number of sulfonamides is 1. The molecule has 0 bridgehead atoms. The molecule has 8 heteroatoms. The first-order valence-corrected chi connectivity index (χ1v) is 11.4. The number of para-hydroxylation sites is 1. The highest BCUT2D eigenvalue weighted by molar-refractivity contribution is 7.89. The van der Waals surface area contributed by atoms with Gasteiger partial charge in [0, 0.05) is 39.5 Å². The van der Waals surface area contributed by atoms with E-state index in [1.165, 1.54) is 0 Å². The van der Waals surface area contributed by atoms with Crippen molar-refractivity contribution in [3.63, 3.8) is 0 Å². The normalized spacial score (nSPS) is 24.6. The number of methoxy groups -OCH3 is 1. The molecule has 0 radical (unpaired) electrons. The highest BCUT2D eigenvalue weighted by atomic mass is 32.2. The highest BCUT2D eigenvalue weighted by Crippen LogP contribution is 2.36. The van der Waals surface area contributed by atoms with E-state index in [2.05, 4.69) is 9.88 Å². The van der Waals surface area contributed by atoms with Crippen LogP contribution < -0.4 is 4.74 Å². The van der Waals surface area contributed by atoms with Gasteiger partial charge in [0.05, 0.1) is 18.3 Å². The van der Waals surface area contributed by atoms with Gasteiger partial charge in [-0.15, -0.1) is 0 Å². The zero-order chi connectivity index (χ0) is 20.3. The second-order valence-electron chi connectivity index (χ2n) is 7.45. The Labute approximate surface area is 172 Å². The first-order chi connectivity index (χ1) is 14.1. The molecule has 2 aliphatic heterocycles. The molecule has 0 saturated carbocycles. The van der Waals surface area contributed by atoms with E-state index in [4.69, 9.17) is 9.47 Å². The molecule has 0 unspecified atom stereocenters. The summed E-state index contributed by atoms with van der Waals surface area (Å²) in [6.07, 6.45) is 3.06. The molecule has 156 valence electrons. The van der Waals surface area contributed by atoms with E-state index in [0.717, 1.165) is 31.7 Å². The van der Waals surface area contributed by atoms with Crippen LogP contribution in [0.2, 0.25) is 0 Å². The Hall–Kier alpha value is -2.00. The van der Waals surface area contributed by atoms with Crippen molar-refractivity contribution in [3.8, 4) is 5.75 Å². The molecular formula is C21H27N3O4S. The molecule has 7 nitrogen and oxygen atoms in total. The van der Waals surface area contributed by atoms with Gasteiger partial charge < -0.3 is 9.47 Å². The van der Waals surface area contributed by atoms with Crippen LogP contribution in [-0.4, -0.2) is 68.1 Å². The number of hydrogen-bond acceptors (Lipinski definition) is 6. The second kappa shape index (κ2) is 8.79. The lowest BCUT2D eigenvalue weighted by Gasteiger charge is -2.31. The lowest BCUT2D eigenvalue weighted by molar-refractivity contribution is 0.0958. The van der Waals surface area contributed by atoms with Crippen LogP contribution in [0.3, 0.4) is 0 Å². The van der Waals surface area contributed by atoms with Gasteiger partial charge in [-0.2, -0.15) is 4.31 Å². The van der Waals surface area contributed by atoms with Crippen molar-refractivity contribution in [1.82, 2.24) is 14.2 Å². The van der Waals surface area contributed by atoms with Gasteiger partial charge >= 0.3 is 0 Å². The number of ether oxygens (including phenoxy) is 2. The minimum absolute atomic E-state index is 0.195. The molecule has 2 aliphatic rings. The molecule has 1 saturated heterocycles. The zero-order valence-corrected chi connectivity index (χ0v) is 17.4. The average molecular weight is 418 g/mol. The quantitative estimate of drug-likeness (QED) is 0.742. The van der Waals surface area contributed by atoms with E-state index in [1.54, 1.807) is 35.8 Å². The van der Waals surface area contributed by atoms with Gasteiger partial charge in [0.2, 0.25) is 10.0 Å². The second-order valence-corrected chi connectivity index (χ2v) is 9.31. The molecule has 4 rings (SSSR count). The maximum atomic E-state index is 13.4. The first kappa shape index (κ1) is 20.3. The van der Waals surface area contributed by atoms with Crippen molar-refractivity contribution < 1.29 is 17.9 Å². The van der Waals surface area contributed by atoms with Crippen molar-refractivity contribution in [2.45, 2.75) is 36.4 Å². The van der Waals surface area contributed by atoms with Crippen molar-refractivity contribution in [2.24, 2.45) is 0 Å². The Kier molecular flexibility index (Phi) is 6.15. The van der Waals surface area contributed by atoms with E-state index >= 15 is 0 Å². The van der Waals surface area contributed by atoms with Gasteiger partial charge in [-0.1, -0.05) is 18.2 Å². The van der Waals surface area contributed by atoms with Crippen LogP contribution in [0, 0.1) is 0 Å². The van der Waals surface area contributed by atoms with Gasteiger partial charge in [-0.3, -0.25) is 9.88 Å². The Balaban J connectivity index is 1.61. The number of rotatable bonds is 5. The Morgan fingerprint density at radius 2 is 1.93 bits per heavy atom. The standard InChI is InChI=1S/C21H27N3O4S/c1-27-15-14-24-18-9-12-23(16-17-6-4-5-11-22-17)13-10-19(18)28-20-7-2-3-8-21(20)29(24,25)26/h2-8,11,18-19H,9-10,12-16H2,1H3/t18-,19-/m1/s1. The Morgan fingerprint density at radius 1 is 1.14 bits per heavy atom. The fraction of sp³-hybridized carbons (Fsp3) is 0.476. The van der Waals surface area contributed by atoms with E-state index in [0.29, 0.717) is 25.3 Å². The third-order valence-electron chi connectivity index (χ3n) is 5.61. The van der Waals surface area contributed by atoms with E-state index in [1.807, 2.05) is 24.3 Å². The smallest absolute Gasteiger partial charge is 0.247 e. The summed E-state index contributed by atoms with van der Waals surface area (Å²) in [4.78, 5) is 6.99. The molecule has 2 aromatic rings. The molecule has 1 fully saturated rings. The predicted molar refractivity (Wildman–Crippen MR) is 109 cm³/mol. The molecule has 3 heterocycles. The van der Waals surface area contributed by atoms with Crippen LogP contribution in [0.15, 0.2) is 53.6 Å². The van der Waals surface area contributed by atoms with E-state index in [-0.39, 0.29) is 17.0 Å². The van der Waals surface area contributed by atoms with Crippen molar-refractivity contribution >= 4 is 10.0 Å². The van der Waals surface area contributed by atoms with Crippen molar-refractivity contribution in [2.75, 3.05) is 33.4 Å². The van der Waals surface area contributed by atoms with E-state index in [9.17, 15) is 8.42 Å². The number of aromatic nitrogens is 1. The summed E-state index contributed by atoms with van der Waals surface area (Å²) in [7, 11) is -2.07. The summed E-state index contributed by atoms with van der Waals surface area (Å²) in [5, 5.41) is 0. The molecular weight excluding hydrogens is 390 g/mol. The molecule has 1 aromatic heterocycles. The van der Waals surface area contributed by atoms with Crippen LogP contribution in [0.5, 0.6) is 5.75 Å². The molecule has 0 N–H and O–H groups in total. The van der Waals surface area contributed by atoms with Gasteiger partial charge in [-0.05, 0) is 37.1 Å². The van der Waals surface area contributed by atoms with Gasteiger partial charge in [-0.25, -0.2) is 8.42 Å². The Bertz CT molecular complexity index is 923. The molecule has 0 spiro atoms. The topological polar surface area (TPSA) is 72.0 Å². The number of benzene rings is 1. The SMILES string of the molecule is COCCN1[C@@H]2CCN(Cc3ccccn3)CC[C@H]2Oc2ccccc2S1(=O)=O. The molecule has 1 aromatic carbocycles. The number of likely N-dealkylation sites (tertiary alicyclic amines) is 1. The number of nitrogens with zero attached hydrogens (tertiary/aromatic N) is 3. The fourth-order valence-corrected chi connectivity index (χ4v) is 5.94.